The first-order valence-electron chi connectivity index (χ1n) is 4.67. The average Bonchev–Trinajstić information content (AvgIpc) is 2.00. The molecule has 1 rings (SSSR count). The van der Waals surface area contributed by atoms with Gasteiger partial charge in [0, 0.05) is 19.1 Å². The third-order valence-corrected chi connectivity index (χ3v) is 4.63. The first-order chi connectivity index (χ1) is 6.64. The Morgan fingerprint density at radius 1 is 1.33 bits per heavy atom. The van der Waals surface area contributed by atoms with Gasteiger partial charge in [0.15, 0.2) is 15.1 Å². The van der Waals surface area contributed by atoms with Crippen LogP contribution in [0, 0.1) is 0 Å². The van der Waals surface area contributed by atoms with E-state index in [2.05, 4.69) is 0 Å². The summed E-state index contributed by atoms with van der Waals surface area (Å²) in [6, 6.07) is -0.0645. The molecular formula is C8H14F3NO2S. The molecule has 0 N–H and O–H groups in total. The minimum absolute atomic E-state index is 0.0645. The molecule has 0 radical (unpaired) electrons. The van der Waals surface area contributed by atoms with Crippen molar-refractivity contribution >= 4 is 9.84 Å². The van der Waals surface area contributed by atoms with Crippen molar-refractivity contribution in [2.45, 2.75) is 31.3 Å². The average molecular weight is 245 g/mol. The van der Waals surface area contributed by atoms with Crippen molar-refractivity contribution in [2.24, 2.45) is 0 Å². The van der Waals surface area contributed by atoms with Gasteiger partial charge in [0.1, 0.15) is 0 Å². The Morgan fingerprint density at radius 2 is 1.87 bits per heavy atom. The fourth-order valence-electron chi connectivity index (χ4n) is 1.58. The summed E-state index contributed by atoms with van der Waals surface area (Å²) < 4.78 is 59.9. The van der Waals surface area contributed by atoms with Crippen LogP contribution in [0.1, 0.15) is 13.8 Å². The smallest absolute Gasteiger partial charge is 0.298 e. The number of nitrogens with zero attached hydrogens (tertiary/aromatic N) is 1. The Kier molecular flexibility index (Phi) is 3.35. The summed E-state index contributed by atoms with van der Waals surface area (Å²) >= 11 is 0. The lowest BCUT2D eigenvalue weighted by molar-refractivity contribution is -0.135. The first-order valence-corrected chi connectivity index (χ1v) is 6.38. The molecular weight excluding hydrogens is 231 g/mol. The van der Waals surface area contributed by atoms with E-state index in [0.717, 1.165) is 0 Å². The molecule has 1 aliphatic rings. The summed E-state index contributed by atoms with van der Waals surface area (Å²) in [7, 11) is -4.01. The highest BCUT2D eigenvalue weighted by molar-refractivity contribution is 7.92. The maximum Gasteiger partial charge on any atom is 0.406 e. The fraction of sp³-hybridized carbons (Fsp3) is 1.00. The van der Waals surface area contributed by atoms with E-state index in [1.54, 1.807) is 18.7 Å². The van der Waals surface area contributed by atoms with Gasteiger partial charge in [0.25, 0.3) is 0 Å². The predicted molar refractivity (Wildman–Crippen MR) is 50.3 cm³/mol. The van der Waals surface area contributed by atoms with E-state index >= 15 is 0 Å². The molecule has 0 saturated carbocycles. The topological polar surface area (TPSA) is 37.4 Å². The maximum absolute atomic E-state index is 12.5. The molecule has 0 amide bonds. The predicted octanol–water partition coefficient (Wildman–Crippen LogP) is 1.06. The third-order valence-electron chi connectivity index (χ3n) is 2.59. The van der Waals surface area contributed by atoms with Gasteiger partial charge in [-0.15, -0.1) is 0 Å². The van der Waals surface area contributed by atoms with Crippen LogP contribution in [0.25, 0.3) is 0 Å². The van der Waals surface area contributed by atoms with Gasteiger partial charge in [-0.2, -0.15) is 13.2 Å². The van der Waals surface area contributed by atoms with Crippen LogP contribution in [-0.2, 0) is 9.84 Å². The molecule has 0 aromatic carbocycles. The van der Waals surface area contributed by atoms with E-state index in [4.69, 9.17) is 0 Å². The van der Waals surface area contributed by atoms with E-state index in [0.29, 0.717) is 0 Å². The first kappa shape index (κ1) is 12.8. The summed E-state index contributed by atoms with van der Waals surface area (Å²) in [4.78, 5) is 1.54. The second-order valence-electron chi connectivity index (χ2n) is 3.99. The zero-order chi connectivity index (χ0) is 11.9. The number of alkyl halides is 3. The molecule has 0 spiro atoms. The minimum Gasteiger partial charge on any atom is -0.298 e. The molecule has 0 aromatic rings. The molecule has 1 unspecified atom stereocenters. The highest BCUT2D eigenvalue weighted by Crippen LogP contribution is 2.30. The Bertz CT molecular complexity index is 323. The number of hydrogen-bond donors (Lipinski definition) is 0. The highest BCUT2D eigenvalue weighted by Gasteiger charge is 2.51. The molecule has 0 bridgehead atoms. The van der Waals surface area contributed by atoms with Gasteiger partial charge >= 0.3 is 6.18 Å². The number of sulfone groups is 1. The third kappa shape index (κ3) is 2.84. The summed E-state index contributed by atoms with van der Waals surface area (Å²) in [5.41, 5.74) is 0. The zero-order valence-corrected chi connectivity index (χ0v) is 9.40. The molecule has 1 atom stereocenters. The van der Waals surface area contributed by atoms with Gasteiger partial charge in [-0.05, 0) is 13.8 Å². The molecule has 1 aliphatic heterocycles. The lowest BCUT2D eigenvalue weighted by atomic mass is 10.2. The lowest BCUT2D eigenvalue weighted by Gasteiger charge is -2.35. The largest absolute Gasteiger partial charge is 0.406 e. The zero-order valence-electron chi connectivity index (χ0n) is 8.58. The SMILES string of the molecule is CC(C)N1CCS(=O)(=O)C(C(F)(F)F)C1. The van der Waals surface area contributed by atoms with E-state index in [-0.39, 0.29) is 12.6 Å². The second-order valence-corrected chi connectivity index (χ2v) is 6.29. The van der Waals surface area contributed by atoms with E-state index in [1.165, 1.54) is 0 Å². The lowest BCUT2D eigenvalue weighted by Crippen LogP contribution is -2.54. The molecule has 0 aliphatic carbocycles. The Hall–Kier alpha value is -0.300. The molecule has 1 saturated heterocycles. The molecule has 1 heterocycles. The van der Waals surface area contributed by atoms with Crippen LogP contribution in [0.2, 0.25) is 0 Å². The van der Waals surface area contributed by atoms with Crippen molar-refractivity contribution in [3.05, 3.63) is 0 Å². The molecule has 15 heavy (non-hydrogen) atoms. The Balaban J connectivity index is 2.90. The van der Waals surface area contributed by atoms with Crippen molar-refractivity contribution in [1.82, 2.24) is 4.90 Å². The van der Waals surface area contributed by atoms with Gasteiger partial charge in [0.05, 0.1) is 5.75 Å². The van der Waals surface area contributed by atoms with Crippen LogP contribution in [-0.4, -0.2) is 49.6 Å². The van der Waals surface area contributed by atoms with Gasteiger partial charge in [-0.3, -0.25) is 4.90 Å². The highest BCUT2D eigenvalue weighted by atomic mass is 32.2. The van der Waals surface area contributed by atoms with Crippen LogP contribution in [0.4, 0.5) is 13.2 Å². The number of halogens is 3. The summed E-state index contributed by atoms with van der Waals surface area (Å²) in [5.74, 6) is -0.407. The van der Waals surface area contributed by atoms with Crippen molar-refractivity contribution in [3.63, 3.8) is 0 Å². The molecule has 7 heteroatoms. The van der Waals surface area contributed by atoms with Crippen LogP contribution in [0.5, 0.6) is 0 Å². The summed E-state index contributed by atoms with van der Waals surface area (Å²) in [6.45, 7) is 3.26. The van der Waals surface area contributed by atoms with Gasteiger partial charge < -0.3 is 0 Å². The molecule has 3 nitrogen and oxygen atoms in total. The van der Waals surface area contributed by atoms with Crippen molar-refractivity contribution in [3.8, 4) is 0 Å². The van der Waals surface area contributed by atoms with E-state index in [1.807, 2.05) is 0 Å². The second kappa shape index (κ2) is 3.93. The molecule has 1 fully saturated rings. The van der Waals surface area contributed by atoms with E-state index < -0.39 is 33.6 Å². The molecule has 90 valence electrons. The van der Waals surface area contributed by atoms with E-state index in [9.17, 15) is 21.6 Å². The van der Waals surface area contributed by atoms with Gasteiger partial charge in [-0.1, -0.05) is 0 Å². The van der Waals surface area contributed by atoms with Gasteiger partial charge in [-0.25, -0.2) is 8.42 Å². The monoisotopic (exact) mass is 245 g/mol. The van der Waals surface area contributed by atoms with Crippen LogP contribution in [0.15, 0.2) is 0 Å². The minimum atomic E-state index is -4.66. The van der Waals surface area contributed by atoms with Crippen LogP contribution < -0.4 is 0 Å². The van der Waals surface area contributed by atoms with Crippen LogP contribution >= 0.6 is 0 Å². The maximum atomic E-state index is 12.5. The Morgan fingerprint density at radius 3 is 2.27 bits per heavy atom. The fourth-order valence-corrected chi connectivity index (χ4v) is 3.18. The van der Waals surface area contributed by atoms with Crippen LogP contribution in [0.3, 0.4) is 0 Å². The number of rotatable bonds is 1. The standard InChI is InChI=1S/C8H14F3NO2S/c1-6(2)12-3-4-15(13,14)7(5-12)8(9,10)11/h6-7H,3-5H2,1-2H3. The number of hydrogen-bond acceptors (Lipinski definition) is 3. The summed E-state index contributed by atoms with van der Waals surface area (Å²) in [5, 5.41) is -2.22. The van der Waals surface area contributed by atoms with Gasteiger partial charge in [0.2, 0.25) is 0 Å². The Labute approximate surface area is 87.2 Å². The quantitative estimate of drug-likeness (QED) is 0.693. The van der Waals surface area contributed by atoms with Crippen molar-refractivity contribution in [1.29, 1.82) is 0 Å². The normalized spacial score (nSPS) is 28.3. The van der Waals surface area contributed by atoms with Crippen molar-refractivity contribution in [2.75, 3.05) is 18.8 Å². The summed E-state index contributed by atoms with van der Waals surface area (Å²) in [6.07, 6.45) is -4.66. The molecule has 0 aromatic heterocycles. The van der Waals surface area contributed by atoms with Crippen molar-refractivity contribution < 1.29 is 21.6 Å².